The summed E-state index contributed by atoms with van der Waals surface area (Å²) in [4.78, 5) is 0. The zero-order valence-electron chi connectivity index (χ0n) is 11.3. The number of hydrogen-bond donors (Lipinski definition) is 2. The van der Waals surface area contributed by atoms with Gasteiger partial charge < -0.3 is 15.6 Å². The molecule has 0 aliphatic rings. The predicted molar refractivity (Wildman–Crippen MR) is 76.3 cm³/mol. The van der Waals surface area contributed by atoms with Gasteiger partial charge in [0.05, 0.1) is 0 Å². The zero-order chi connectivity index (χ0) is 14.5. The topological polar surface area (TPSA) is 55.5 Å². The largest absolute Gasteiger partial charge is 0.457 e. The fourth-order valence-electron chi connectivity index (χ4n) is 2.10. The van der Waals surface area contributed by atoms with E-state index in [-0.39, 0.29) is 12.4 Å². The summed E-state index contributed by atoms with van der Waals surface area (Å²) in [7, 11) is 0. The Hall–Kier alpha value is -1.91. The molecule has 0 saturated heterocycles. The monoisotopic (exact) mass is 275 g/mol. The van der Waals surface area contributed by atoms with Crippen LogP contribution < -0.4 is 10.5 Å². The second kappa shape index (κ2) is 6.50. The van der Waals surface area contributed by atoms with Gasteiger partial charge in [-0.15, -0.1) is 0 Å². The molecule has 3 N–H and O–H groups in total. The van der Waals surface area contributed by atoms with E-state index in [1.807, 2.05) is 18.2 Å². The first-order valence-electron chi connectivity index (χ1n) is 6.54. The average Bonchev–Trinajstić information content (AvgIpc) is 2.41. The summed E-state index contributed by atoms with van der Waals surface area (Å²) >= 11 is 0. The number of para-hydroxylation sites is 1. The van der Waals surface area contributed by atoms with Gasteiger partial charge in [-0.25, -0.2) is 4.39 Å². The highest BCUT2D eigenvalue weighted by Crippen LogP contribution is 2.32. The fourth-order valence-corrected chi connectivity index (χ4v) is 2.10. The number of rotatable bonds is 5. The third-order valence-electron chi connectivity index (χ3n) is 3.04. The van der Waals surface area contributed by atoms with E-state index in [2.05, 4.69) is 0 Å². The maximum atomic E-state index is 13.9. The number of ether oxygens (including phenoxy) is 1. The first kappa shape index (κ1) is 14.5. The zero-order valence-corrected chi connectivity index (χ0v) is 11.3. The molecule has 0 aromatic heterocycles. The molecule has 0 unspecified atom stereocenters. The summed E-state index contributed by atoms with van der Waals surface area (Å²) < 4.78 is 19.7. The molecule has 0 amide bonds. The Bertz CT molecular complexity index is 584. The Morgan fingerprint density at radius 2 is 1.85 bits per heavy atom. The minimum absolute atomic E-state index is 0.0314. The van der Waals surface area contributed by atoms with E-state index < -0.39 is 6.04 Å². The molecule has 20 heavy (non-hydrogen) atoms. The van der Waals surface area contributed by atoms with Gasteiger partial charge in [-0.2, -0.15) is 0 Å². The molecule has 2 rings (SSSR count). The summed E-state index contributed by atoms with van der Waals surface area (Å²) in [5.41, 5.74) is 7.03. The molecule has 0 heterocycles. The summed E-state index contributed by atoms with van der Waals surface area (Å²) in [6.07, 6.45) is 0.485. The molecule has 4 heteroatoms. The van der Waals surface area contributed by atoms with Gasteiger partial charge in [0.15, 0.2) is 0 Å². The van der Waals surface area contributed by atoms with Crippen molar-refractivity contribution in [2.45, 2.75) is 19.4 Å². The van der Waals surface area contributed by atoms with Crippen molar-refractivity contribution in [1.82, 2.24) is 0 Å². The Balaban J connectivity index is 2.38. The third-order valence-corrected chi connectivity index (χ3v) is 3.04. The lowest BCUT2D eigenvalue weighted by Crippen LogP contribution is -2.09. The molecular formula is C16H18FNO2. The van der Waals surface area contributed by atoms with Crippen LogP contribution in [0, 0.1) is 5.82 Å². The number of aliphatic hydroxyl groups is 1. The minimum atomic E-state index is -0.462. The van der Waals surface area contributed by atoms with Crippen LogP contribution in [0.15, 0.2) is 42.5 Å². The molecular weight excluding hydrogens is 257 g/mol. The van der Waals surface area contributed by atoms with E-state index >= 15 is 0 Å². The molecule has 1 atom stereocenters. The Labute approximate surface area is 117 Å². The van der Waals surface area contributed by atoms with Crippen molar-refractivity contribution in [2.75, 3.05) is 6.61 Å². The van der Waals surface area contributed by atoms with Gasteiger partial charge in [-0.1, -0.05) is 24.3 Å². The predicted octanol–water partition coefficient (Wildman–Crippen LogP) is 3.17. The highest BCUT2D eigenvalue weighted by Gasteiger charge is 2.15. The van der Waals surface area contributed by atoms with Crippen LogP contribution in [0.2, 0.25) is 0 Å². The number of halogens is 1. The Morgan fingerprint density at radius 3 is 2.55 bits per heavy atom. The molecule has 0 fully saturated rings. The van der Waals surface area contributed by atoms with Crippen molar-refractivity contribution in [3.05, 3.63) is 59.4 Å². The SMILES string of the molecule is C[C@@H](N)c1c(F)cccc1Oc1ccccc1CCO. The van der Waals surface area contributed by atoms with Crippen LogP contribution in [0.25, 0.3) is 0 Å². The van der Waals surface area contributed by atoms with Crippen LogP contribution in [0.4, 0.5) is 4.39 Å². The van der Waals surface area contributed by atoms with Gasteiger partial charge in [0.1, 0.15) is 17.3 Å². The van der Waals surface area contributed by atoms with Crippen molar-refractivity contribution >= 4 is 0 Å². The molecule has 3 nitrogen and oxygen atoms in total. The Kier molecular flexibility index (Phi) is 4.71. The van der Waals surface area contributed by atoms with Gasteiger partial charge in [-0.3, -0.25) is 0 Å². The van der Waals surface area contributed by atoms with Crippen molar-refractivity contribution in [1.29, 1.82) is 0 Å². The van der Waals surface area contributed by atoms with E-state index in [4.69, 9.17) is 15.6 Å². The van der Waals surface area contributed by atoms with Gasteiger partial charge in [-0.05, 0) is 37.1 Å². The smallest absolute Gasteiger partial charge is 0.135 e. The van der Waals surface area contributed by atoms with Crippen molar-refractivity contribution in [3.8, 4) is 11.5 Å². The van der Waals surface area contributed by atoms with Crippen LogP contribution in [-0.4, -0.2) is 11.7 Å². The number of nitrogens with two attached hydrogens (primary N) is 1. The van der Waals surface area contributed by atoms with Gasteiger partial charge in [0.2, 0.25) is 0 Å². The maximum Gasteiger partial charge on any atom is 0.135 e. The number of aliphatic hydroxyl groups excluding tert-OH is 1. The molecule has 0 bridgehead atoms. The van der Waals surface area contributed by atoms with Crippen LogP contribution in [0.3, 0.4) is 0 Å². The van der Waals surface area contributed by atoms with Crippen LogP contribution in [0.5, 0.6) is 11.5 Å². The number of benzene rings is 2. The van der Waals surface area contributed by atoms with Crippen LogP contribution >= 0.6 is 0 Å². The number of hydrogen-bond acceptors (Lipinski definition) is 3. The third kappa shape index (κ3) is 3.15. The minimum Gasteiger partial charge on any atom is -0.457 e. The molecule has 2 aromatic carbocycles. The lowest BCUT2D eigenvalue weighted by Gasteiger charge is -2.16. The second-order valence-electron chi connectivity index (χ2n) is 4.62. The van der Waals surface area contributed by atoms with Gasteiger partial charge in [0.25, 0.3) is 0 Å². The van der Waals surface area contributed by atoms with Gasteiger partial charge >= 0.3 is 0 Å². The van der Waals surface area contributed by atoms with E-state index in [1.54, 1.807) is 25.1 Å². The Morgan fingerprint density at radius 1 is 1.15 bits per heavy atom. The van der Waals surface area contributed by atoms with Crippen LogP contribution in [0.1, 0.15) is 24.1 Å². The second-order valence-corrected chi connectivity index (χ2v) is 4.62. The molecule has 0 saturated carbocycles. The van der Waals surface area contributed by atoms with E-state index in [0.29, 0.717) is 23.5 Å². The quantitative estimate of drug-likeness (QED) is 0.881. The molecule has 0 spiro atoms. The van der Waals surface area contributed by atoms with Crippen molar-refractivity contribution in [3.63, 3.8) is 0 Å². The van der Waals surface area contributed by atoms with E-state index in [9.17, 15) is 4.39 Å². The summed E-state index contributed by atoms with van der Waals surface area (Å²) in [5.74, 6) is 0.636. The summed E-state index contributed by atoms with van der Waals surface area (Å²) in [5, 5.41) is 9.06. The lowest BCUT2D eigenvalue weighted by molar-refractivity contribution is 0.297. The highest BCUT2D eigenvalue weighted by atomic mass is 19.1. The van der Waals surface area contributed by atoms with Crippen LogP contribution in [-0.2, 0) is 6.42 Å². The molecule has 0 aliphatic carbocycles. The molecule has 0 radical (unpaired) electrons. The highest BCUT2D eigenvalue weighted by molar-refractivity contribution is 5.43. The lowest BCUT2D eigenvalue weighted by atomic mass is 10.1. The maximum absolute atomic E-state index is 13.9. The summed E-state index contributed by atoms with van der Waals surface area (Å²) in [6.45, 7) is 1.74. The molecule has 0 aliphatic heterocycles. The van der Waals surface area contributed by atoms with Crippen molar-refractivity contribution in [2.24, 2.45) is 5.73 Å². The van der Waals surface area contributed by atoms with Gasteiger partial charge in [0, 0.05) is 18.2 Å². The first-order valence-corrected chi connectivity index (χ1v) is 6.54. The normalized spacial score (nSPS) is 12.2. The average molecular weight is 275 g/mol. The molecule has 106 valence electrons. The standard InChI is InChI=1S/C16H18FNO2/c1-11(18)16-13(17)6-4-8-15(16)20-14-7-3-2-5-12(14)9-10-19/h2-8,11,19H,9-10,18H2,1H3/t11-/m1/s1. The van der Waals surface area contributed by atoms with E-state index in [0.717, 1.165) is 5.56 Å². The fraction of sp³-hybridized carbons (Fsp3) is 0.250. The molecule has 2 aromatic rings. The first-order chi connectivity index (χ1) is 9.63. The summed E-state index contributed by atoms with van der Waals surface area (Å²) in [6, 6.07) is 11.6. The van der Waals surface area contributed by atoms with E-state index in [1.165, 1.54) is 6.07 Å². The van der Waals surface area contributed by atoms with Crippen molar-refractivity contribution < 1.29 is 14.2 Å².